The molecular formula is C29H34N2O6. The minimum absolute atomic E-state index is 0.0398. The predicted octanol–water partition coefficient (Wildman–Crippen LogP) is 3.51. The van der Waals surface area contributed by atoms with Crippen LogP contribution in [-0.2, 0) is 19.7 Å². The van der Waals surface area contributed by atoms with E-state index in [0.717, 1.165) is 24.2 Å². The molecular weight excluding hydrogens is 472 g/mol. The summed E-state index contributed by atoms with van der Waals surface area (Å²) < 4.78 is 16.7. The van der Waals surface area contributed by atoms with Crippen molar-refractivity contribution in [2.75, 3.05) is 52.6 Å². The van der Waals surface area contributed by atoms with E-state index in [1.54, 1.807) is 23.1 Å². The Bertz CT molecular complexity index is 1210. The van der Waals surface area contributed by atoms with Gasteiger partial charge in [-0.1, -0.05) is 45.0 Å². The normalized spacial score (nSPS) is 21.9. The third kappa shape index (κ3) is 5.08. The first-order valence-corrected chi connectivity index (χ1v) is 12.8. The van der Waals surface area contributed by atoms with E-state index in [1.165, 1.54) is 0 Å². The molecule has 3 aliphatic rings. The van der Waals surface area contributed by atoms with Crippen LogP contribution < -0.4 is 9.47 Å². The number of benzene rings is 2. The molecule has 1 N–H and O–H groups in total. The molecule has 1 unspecified atom stereocenters. The molecule has 8 nitrogen and oxygen atoms in total. The predicted molar refractivity (Wildman–Crippen MR) is 139 cm³/mol. The molecule has 2 aromatic carbocycles. The Kier molecular flexibility index (Phi) is 6.96. The molecule has 0 bridgehead atoms. The third-order valence-corrected chi connectivity index (χ3v) is 7.21. The number of aliphatic hydroxyl groups is 1. The van der Waals surface area contributed by atoms with E-state index in [1.807, 2.05) is 24.3 Å². The number of morpholine rings is 1. The van der Waals surface area contributed by atoms with Gasteiger partial charge in [0, 0.05) is 31.7 Å². The first-order chi connectivity index (χ1) is 17.7. The second-order valence-electron chi connectivity index (χ2n) is 10.7. The number of hydrogen-bond donors (Lipinski definition) is 1. The summed E-state index contributed by atoms with van der Waals surface area (Å²) in [6, 6.07) is 12.3. The quantitative estimate of drug-likeness (QED) is 0.377. The minimum atomic E-state index is -0.691. The molecule has 3 aliphatic heterocycles. The van der Waals surface area contributed by atoms with Crippen LogP contribution in [0.25, 0.3) is 5.76 Å². The topological polar surface area (TPSA) is 88.5 Å². The molecule has 2 aromatic rings. The molecule has 5 rings (SSSR count). The Morgan fingerprint density at radius 3 is 2.27 bits per heavy atom. The second-order valence-corrected chi connectivity index (χ2v) is 10.7. The summed E-state index contributed by atoms with van der Waals surface area (Å²) in [7, 11) is 0. The summed E-state index contributed by atoms with van der Waals surface area (Å²) in [5.41, 5.74) is 2.39. The molecule has 0 spiro atoms. The number of Topliss-reactive ketones (excluding diaryl/α,β-unsaturated/α-hetero) is 1. The highest BCUT2D eigenvalue weighted by molar-refractivity contribution is 6.46. The van der Waals surface area contributed by atoms with Crippen LogP contribution in [0.5, 0.6) is 11.5 Å². The highest BCUT2D eigenvalue weighted by Crippen LogP contribution is 2.41. The van der Waals surface area contributed by atoms with Gasteiger partial charge in [-0.15, -0.1) is 0 Å². The summed E-state index contributed by atoms with van der Waals surface area (Å²) in [5, 5.41) is 11.4. The zero-order valence-electron chi connectivity index (χ0n) is 21.7. The molecule has 0 aromatic heterocycles. The lowest BCUT2D eigenvalue weighted by Gasteiger charge is -2.31. The lowest BCUT2D eigenvalue weighted by atomic mass is 9.85. The van der Waals surface area contributed by atoms with Crippen LogP contribution in [-0.4, -0.2) is 79.2 Å². The lowest BCUT2D eigenvalue weighted by molar-refractivity contribution is -0.140. The smallest absolute Gasteiger partial charge is 0.295 e. The molecule has 1 amide bonds. The summed E-state index contributed by atoms with van der Waals surface area (Å²) in [6.07, 6.45) is 0. The van der Waals surface area contributed by atoms with Gasteiger partial charge in [-0.2, -0.15) is 0 Å². The lowest BCUT2D eigenvalue weighted by Crippen LogP contribution is -2.42. The number of aliphatic hydroxyl groups excluding tert-OH is 1. The summed E-state index contributed by atoms with van der Waals surface area (Å²) in [5.74, 6) is -0.406. The molecule has 196 valence electrons. The number of ketones is 1. The monoisotopic (exact) mass is 506 g/mol. The number of carbonyl (C=O) groups is 2. The summed E-state index contributed by atoms with van der Waals surface area (Å²) in [4.78, 5) is 30.5. The van der Waals surface area contributed by atoms with Crippen LogP contribution in [0.1, 0.15) is 43.5 Å². The summed E-state index contributed by atoms with van der Waals surface area (Å²) in [6.45, 7) is 11.1. The van der Waals surface area contributed by atoms with E-state index < -0.39 is 17.7 Å². The van der Waals surface area contributed by atoms with Crippen molar-refractivity contribution >= 4 is 17.4 Å². The van der Waals surface area contributed by atoms with E-state index in [4.69, 9.17) is 14.2 Å². The Hall–Kier alpha value is -3.36. The molecule has 0 aliphatic carbocycles. The van der Waals surface area contributed by atoms with E-state index in [0.29, 0.717) is 56.6 Å². The van der Waals surface area contributed by atoms with Crippen molar-refractivity contribution in [3.8, 4) is 11.5 Å². The summed E-state index contributed by atoms with van der Waals surface area (Å²) >= 11 is 0. The van der Waals surface area contributed by atoms with E-state index in [-0.39, 0.29) is 16.7 Å². The van der Waals surface area contributed by atoms with Crippen molar-refractivity contribution in [2.24, 2.45) is 0 Å². The Balaban J connectivity index is 1.54. The zero-order valence-corrected chi connectivity index (χ0v) is 21.7. The maximum absolute atomic E-state index is 13.4. The number of fused-ring (bicyclic) bond motifs is 1. The fraction of sp³-hybridized carbons (Fsp3) is 0.448. The molecule has 2 saturated heterocycles. The third-order valence-electron chi connectivity index (χ3n) is 7.21. The van der Waals surface area contributed by atoms with Crippen molar-refractivity contribution in [1.29, 1.82) is 0 Å². The number of hydrogen-bond acceptors (Lipinski definition) is 7. The van der Waals surface area contributed by atoms with Gasteiger partial charge in [0.2, 0.25) is 0 Å². The average Bonchev–Trinajstić information content (AvgIpc) is 3.16. The number of rotatable bonds is 5. The highest BCUT2D eigenvalue weighted by atomic mass is 16.6. The van der Waals surface area contributed by atoms with Gasteiger partial charge >= 0.3 is 0 Å². The number of nitrogens with zero attached hydrogens (tertiary/aromatic N) is 2. The van der Waals surface area contributed by atoms with E-state index in [9.17, 15) is 14.7 Å². The van der Waals surface area contributed by atoms with Crippen LogP contribution in [0.3, 0.4) is 0 Å². The first kappa shape index (κ1) is 25.3. The van der Waals surface area contributed by atoms with Crippen LogP contribution >= 0.6 is 0 Å². The Morgan fingerprint density at radius 1 is 0.919 bits per heavy atom. The fourth-order valence-corrected chi connectivity index (χ4v) is 5.04. The maximum atomic E-state index is 13.4. The van der Waals surface area contributed by atoms with Crippen molar-refractivity contribution < 1.29 is 28.9 Å². The maximum Gasteiger partial charge on any atom is 0.295 e. The SMILES string of the molecule is CC(C)(C)c1ccc(C2/C(=C(\O)c3ccc4c(c3)OCCO4)C(=O)C(=O)N2CCN2CCOCC2)cc1. The van der Waals surface area contributed by atoms with Crippen molar-refractivity contribution in [3.63, 3.8) is 0 Å². The van der Waals surface area contributed by atoms with Crippen molar-refractivity contribution in [1.82, 2.24) is 9.80 Å². The van der Waals surface area contributed by atoms with Crippen molar-refractivity contribution in [2.45, 2.75) is 32.2 Å². The Labute approximate surface area is 217 Å². The standard InChI is InChI=1S/C29H34N2O6/c1-29(2,3)21-7-4-19(5-8-21)25-24(26(32)20-6-9-22-23(18-20)37-17-16-36-22)27(33)28(34)31(25)11-10-30-12-14-35-15-13-30/h4-9,18,25,32H,10-17H2,1-3H3/b26-24+. The van der Waals surface area contributed by atoms with Gasteiger partial charge < -0.3 is 24.2 Å². The molecule has 0 radical (unpaired) electrons. The van der Waals surface area contributed by atoms with Gasteiger partial charge in [0.05, 0.1) is 24.8 Å². The number of amides is 1. The molecule has 0 saturated carbocycles. The first-order valence-electron chi connectivity index (χ1n) is 12.8. The van der Waals surface area contributed by atoms with Crippen LogP contribution in [0.4, 0.5) is 0 Å². The number of likely N-dealkylation sites (tertiary alicyclic amines) is 1. The van der Waals surface area contributed by atoms with Gasteiger partial charge in [-0.25, -0.2) is 0 Å². The van der Waals surface area contributed by atoms with Crippen LogP contribution in [0.2, 0.25) is 0 Å². The molecule has 37 heavy (non-hydrogen) atoms. The Morgan fingerprint density at radius 2 is 1.59 bits per heavy atom. The zero-order chi connectivity index (χ0) is 26.2. The number of ether oxygens (including phenoxy) is 3. The highest BCUT2D eigenvalue weighted by Gasteiger charge is 2.46. The van der Waals surface area contributed by atoms with Gasteiger partial charge in [0.25, 0.3) is 11.7 Å². The van der Waals surface area contributed by atoms with Gasteiger partial charge in [0.1, 0.15) is 19.0 Å². The number of carbonyl (C=O) groups excluding carboxylic acids is 2. The molecule has 8 heteroatoms. The van der Waals surface area contributed by atoms with Crippen molar-refractivity contribution in [3.05, 3.63) is 64.7 Å². The fourth-order valence-electron chi connectivity index (χ4n) is 5.04. The minimum Gasteiger partial charge on any atom is -0.507 e. The van der Waals surface area contributed by atoms with Crippen LogP contribution in [0, 0.1) is 0 Å². The second kappa shape index (κ2) is 10.2. The molecule has 3 heterocycles. The van der Waals surface area contributed by atoms with Gasteiger partial charge in [0.15, 0.2) is 11.5 Å². The molecule has 2 fully saturated rings. The average molecular weight is 507 g/mol. The van der Waals surface area contributed by atoms with E-state index in [2.05, 4.69) is 25.7 Å². The molecule has 1 atom stereocenters. The van der Waals surface area contributed by atoms with E-state index >= 15 is 0 Å². The largest absolute Gasteiger partial charge is 0.507 e. The van der Waals surface area contributed by atoms with Gasteiger partial charge in [-0.3, -0.25) is 14.5 Å². The van der Waals surface area contributed by atoms with Gasteiger partial charge in [-0.05, 0) is 34.7 Å². The van der Waals surface area contributed by atoms with Crippen LogP contribution in [0.15, 0.2) is 48.0 Å².